The molecule has 2 aliphatic rings. The van der Waals surface area contributed by atoms with Crippen LogP contribution in [-0.2, 0) is 0 Å². The highest BCUT2D eigenvalue weighted by Crippen LogP contribution is 2.47. The van der Waals surface area contributed by atoms with E-state index in [9.17, 15) is 0 Å². The molecule has 0 saturated carbocycles. The topological polar surface area (TPSA) is 34.1 Å². The van der Waals surface area contributed by atoms with E-state index in [1.165, 1.54) is 10.4 Å². The number of hydrazone groups is 1. The standard InChI is InChI=1S/C22H20N2O2S/c1-14-12-15(9-10-19(14)25-2)22-24-18(16-6-3-4-7-20(16)26-22)13-17(23-24)21-8-5-11-27-21/h3-12,18,22H,13H2,1-2H3/t18-,22+/m1/s1. The summed E-state index contributed by atoms with van der Waals surface area (Å²) in [6.07, 6.45) is 0.652. The summed E-state index contributed by atoms with van der Waals surface area (Å²) in [7, 11) is 1.70. The van der Waals surface area contributed by atoms with Crippen LogP contribution in [0.1, 0.15) is 40.3 Å². The van der Waals surface area contributed by atoms with Crippen LogP contribution in [0.4, 0.5) is 0 Å². The van der Waals surface area contributed by atoms with E-state index in [1.54, 1.807) is 18.4 Å². The predicted octanol–water partition coefficient (Wildman–Crippen LogP) is 5.31. The third-order valence-corrected chi connectivity index (χ3v) is 6.13. The Balaban J connectivity index is 1.59. The summed E-state index contributed by atoms with van der Waals surface area (Å²) in [5.41, 5.74) is 4.51. The lowest BCUT2D eigenvalue weighted by atomic mass is 9.97. The van der Waals surface area contributed by atoms with Crippen LogP contribution in [0.2, 0.25) is 0 Å². The second kappa shape index (κ2) is 6.43. The molecule has 27 heavy (non-hydrogen) atoms. The molecule has 0 amide bonds. The van der Waals surface area contributed by atoms with Gasteiger partial charge < -0.3 is 9.47 Å². The summed E-state index contributed by atoms with van der Waals surface area (Å²) in [6.45, 7) is 2.06. The fraction of sp³-hybridized carbons (Fsp3) is 0.227. The second-order valence-corrected chi connectivity index (χ2v) is 7.81. The molecule has 0 spiro atoms. The molecule has 0 N–H and O–H groups in total. The van der Waals surface area contributed by atoms with Gasteiger partial charge in [0, 0.05) is 17.5 Å². The van der Waals surface area contributed by atoms with E-state index in [0.29, 0.717) is 0 Å². The van der Waals surface area contributed by atoms with Crippen molar-refractivity contribution in [2.24, 2.45) is 5.10 Å². The van der Waals surface area contributed by atoms with Gasteiger partial charge in [-0.2, -0.15) is 5.10 Å². The van der Waals surface area contributed by atoms with Gasteiger partial charge in [-0.05, 0) is 48.2 Å². The molecule has 0 fully saturated rings. The first-order chi connectivity index (χ1) is 13.2. The zero-order valence-corrected chi connectivity index (χ0v) is 16.1. The number of fused-ring (bicyclic) bond motifs is 3. The zero-order chi connectivity index (χ0) is 18.4. The lowest BCUT2D eigenvalue weighted by Gasteiger charge is -2.38. The first-order valence-electron chi connectivity index (χ1n) is 9.04. The molecular formula is C22H20N2O2S. The third kappa shape index (κ3) is 2.70. The number of hydrogen-bond acceptors (Lipinski definition) is 5. The number of ether oxygens (including phenoxy) is 2. The molecule has 0 radical (unpaired) electrons. The Hall–Kier alpha value is -2.79. The summed E-state index contributed by atoms with van der Waals surface area (Å²) in [4.78, 5) is 1.23. The first-order valence-corrected chi connectivity index (χ1v) is 9.92. The number of hydrogen-bond donors (Lipinski definition) is 0. The summed E-state index contributed by atoms with van der Waals surface area (Å²) in [5.74, 6) is 1.83. The van der Waals surface area contributed by atoms with Gasteiger partial charge in [0.15, 0.2) is 0 Å². The Kier molecular flexibility index (Phi) is 3.90. The van der Waals surface area contributed by atoms with Crippen LogP contribution in [0.25, 0.3) is 0 Å². The molecule has 0 bridgehead atoms. The molecule has 5 heteroatoms. The maximum absolute atomic E-state index is 6.41. The molecule has 2 aliphatic heterocycles. The van der Waals surface area contributed by atoms with Crippen molar-refractivity contribution in [3.05, 3.63) is 81.5 Å². The molecule has 2 atom stereocenters. The van der Waals surface area contributed by atoms with E-state index in [1.807, 2.05) is 12.1 Å². The molecule has 5 rings (SSSR count). The Bertz CT molecular complexity index is 1010. The Morgan fingerprint density at radius 3 is 2.81 bits per heavy atom. The highest BCUT2D eigenvalue weighted by molar-refractivity contribution is 7.12. The van der Waals surface area contributed by atoms with Gasteiger partial charge in [-0.15, -0.1) is 11.3 Å². The van der Waals surface area contributed by atoms with Crippen molar-refractivity contribution < 1.29 is 9.47 Å². The summed E-state index contributed by atoms with van der Waals surface area (Å²) in [6, 6.07) is 18.9. The number of thiophene rings is 1. The molecule has 136 valence electrons. The van der Waals surface area contributed by atoms with Crippen molar-refractivity contribution in [2.45, 2.75) is 25.6 Å². The van der Waals surface area contributed by atoms with Gasteiger partial charge in [0.1, 0.15) is 11.5 Å². The summed E-state index contributed by atoms with van der Waals surface area (Å²) < 4.78 is 11.8. The Labute approximate surface area is 162 Å². The van der Waals surface area contributed by atoms with Crippen LogP contribution in [0.3, 0.4) is 0 Å². The van der Waals surface area contributed by atoms with E-state index in [2.05, 4.69) is 59.8 Å². The average Bonchev–Trinajstić information content (AvgIpc) is 3.37. The average molecular weight is 376 g/mol. The smallest absolute Gasteiger partial charge is 0.213 e. The Morgan fingerprint density at radius 2 is 2.04 bits per heavy atom. The lowest BCUT2D eigenvalue weighted by Crippen LogP contribution is -2.33. The SMILES string of the molecule is COc1ccc([C@@H]2Oc3ccccc3[C@H]3CC(c4cccs4)=NN32)cc1C. The van der Waals surface area contributed by atoms with Gasteiger partial charge in [0.05, 0.1) is 23.7 Å². The Morgan fingerprint density at radius 1 is 1.15 bits per heavy atom. The molecule has 3 aromatic rings. The van der Waals surface area contributed by atoms with Crippen molar-refractivity contribution in [3.8, 4) is 11.5 Å². The van der Waals surface area contributed by atoms with E-state index in [0.717, 1.165) is 34.8 Å². The number of para-hydroxylation sites is 1. The number of aryl methyl sites for hydroxylation is 1. The number of nitrogens with zero attached hydrogens (tertiary/aromatic N) is 2. The van der Waals surface area contributed by atoms with Crippen molar-refractivity contribution >= 4 is 17.0 Å². The quantitative estimate of drug-likeness (QED) is 0.621. The second-order valence-electron chi connectivity index (χ2n) is 6.86. The molecule has 4 nitrogen and oxygen atoms in total. The first kappa shape index (κ1) is 16.4. The predicted molar refractivity (Wildman–Crippen MR) is 108 cm³/mol. The van der Waals surface area contributed by atoms with Gasteiger partial charge in [-0.3, -0.25) is 0 Å². The maximum atomic E-state index is 6.41. The number of benzene rings is 2. The van der Waals surface area contributed by atoms with E-state index >= 15 is 0 Å². The van der Waals surface area contributed by atoms with Crippen molar-refractivity contribution in [3.63, 3.8) is 0 Å². The largest absolute Gasteiger partial charge is 0.496 e. The normalized spacial score (nSPS) is 20.5. The van der Waals surface area contributed by atoms with Crippen LogP contribution < -0.4 is 9.47 Å². The van der Waals surface area contributed by atoms with Crippen molar-refractivity contribution in [2.75, 3.05) is 7.11 Å². The highest BCUT2D eigenvalue weighted by Gasteiger charge is 2.41. The maximum Gasteiger partial charge on any atom is 0.213 e. The number of rotatable bonds is 3. The van der Waals surface area contributed by atoms with Crippen LogP contribution in [0.15, 0.2) is 65.1 Å². The zero-order valence-electron chi connectivity index (χ0n) is 15.3. The van der Waals surface area contributed by atoms with Crippen molar-refractivity contribution in [1.29, 1.82) is 0 Å². The molecule has 3 heterocycles. The van der Waals surface area contributed by atoms with E-state index < -0.39 is 0 Å². The monoisotopic (exact) mass is 376 g/mol. The summed E-state index contributed by atoms with van der Waals surface area (Å²) in [5, 5.41) is 9.21. The minimum absolute atomic E-state index is 0.194. The molecule has 0 saturated heterocycles. The molecule has 2 aromatic carbocycles. The van der Waals surface area contributed by atoms with Crippen molar-refractivity contribution in [1.82, 2.24) is 5.01 Å². The van der Waals surface area contributed by atoms with Gasteiger partial charge in [-0.25, -0.2) is 5.01 Å². The van der Waals surface area contributed by atoms with E-state index in [-0.39, 0.29) is 12.3 Å². The van der Waals surface area contributed by atoms with Gasteiger partial charge >= 0.3 is 0 Å². The van der Waals surface area contributed by atoms with E-state index in [4.69, 9.17) is 14.6 Å². The molecule has 0 aliphatic carbocycles. The molecule has 0 unspecified atom stereocenters. The van der Waals surface area contributed by atoms with Crippen LogP contribution in [-0.4, -0.2) is 17.8 Å². The van der Waals surface area contributed by atoms with Crippen LogP contribution in [0.5, 0.6) is 11.5 Å². The van der Waals surface area contributed by atoms with Crippen LogP contribution in [0, 0.1) is 6.92 Å². The van der Waals surface area contributed by atoms with Gasteiger partial charge in [0.25, 0.3) is 0 Å². The minimum atomic E-state index is -0.244. The fourth-order valence-electron chi connectivity index (χ4n) is 3.90. The fourth-order valence-corrected chi connectivity index (χ4v) is 4.62. The number of methoxy groups -OCH3 is 1. The van der Waals surface area contributed by atoms with Gasteiger partial charge in [-0.1, -0.05) is 24.3 Å². The third-order valence-electron chi connectivity index (χ3n) is 5.21. The molecular weight excluding hydrogens is 356 g/mol. The summed E-state index contributed by atoms with van der Waals surface area (Å²) >= 11 is 1.74. The lowest BCUT2D eigenvalue weighted by molar-refractivity contribution is -0.0190. The molecule has 1 aromatic heterocycles. The van der Waals surface area contributed by atoms with Crippen LogP contribution >= 0.6 is 11.3 Å². The van der Waals surface area contributed by atoms with Gasteiger partial charge in [0.2, 0.25) is 6.23 Å². The highest BCUT2D eigenvalue weighted by atomic mass is 32.1. The minimum Gasteiger partial charge on any atom is -0.496 e.